The summed E-state index contributed by atoms with van der Waals surface area (Å²) in [5.41, 5.74) is 5.51. The summed E-state index contributed by atoms with van der Waals surface area (Å²) in [4.78, 5) is 18.6. The van der Waals surface area contributed by atoms with Gasteiger partial charge < -0.3 is 4.90 Å². The maximum absolute atomic E-state index is 13.9. The van der Waals surface area contributed by atoms with Crippen LogP contribution in [0.1, 0.15) is 29.0 Å². The Morgan fingerprint density at radius 1 is 0.806 bits per heavy atom. The van der Waals surface area contributed by atoms with E-state index in [4.69, 9.17) is 0 Å². The predicted octanol–water partition coefficient (Wildman–Crippen LogP) is 5.53. The Hall–Kier alpha value is -3.94. The van der Waals surface area contributed by atoms with Gasteiger partial charge in [0.1, 0.15) is 0 Å². The second kappa shape index (κ2) is 9.60. The van der Waals surface area contributed by atoms with Crippen molar-refractivity contribution in [3.05, 3.63) is 120 Å². The van der Waals surface area contributed by atoms with Gasteiger partial charge >= 0.3 is 0 Å². The highest BCUT2D eigenvalue weighted by atomic mass is 32.2. The third-order valence-electron chi connectivity index (χ3n) is 6.53. The molecule has 0 saturated heterocycles. The van der Waals surface area contributed by atoms with Gasteiger partial charge in [0.15, 0.2) is 0 Å². The van der Waals surface area contributed by atoms with Crippen molar-refractivity contribution in [3.63, 3.8) is 0 Å². The number of amides is 1. The van der Waals surface area contributed by atoms with Gasteiger partial charge in [-0.15, -0.1) is 4.83 Å². The van der Waals surface area contributed by atoms with Gasteiger partial charge in [0.05, 0.1) is 10.6 Å². The van der Waals surface area contributed by atoms with Gasteiger partial charge in [-0.3, -0.25) is 4.79 Å². The van der Waals surface area contributed by atoms with Crippen molar-refractivity contribution in [2.75, 3.05) is 17.0 Å². The smallest absolute Gasteiger partial charge is 0.257 e. The lowest BCUT2D eigenvalue weighted by Gasteiger charge is -2.36. The first-order valence-electron chi connectivity index (χ1n) is 11.7. The van der Waals surface area contributed by atoms with Crippen molar-refractivity contribution in [2.45, 2.75) is 24.2 Å². The number of para-hydroxylation sites is 3. The second-order valence-corrected chi connectivity index (χ2v) is 10.6. The summed E-state index contributed by atoms with van der Waals surface area (Å²) in [5.74, 6) is -0.577. The van der Waals surface area contributed by atoms with Crippen molar-refractivity contribution < 1.29 is 13.2 Å². The van der Waals surface area contributed by atoms with Gasteiger partial charge in [-0.05, 0) is 54.4 Å². The molecule has 0 bridgehead atoms. The fraction of sp³-hybridized carbons (Fsp3) is 0.138. The number of carbonyl (C=O) groups is 1. The minimum absolute atomic E-state index is 0.0905. The number of carbonyl (C=O) groups excluding carboxylic acids is 1. The van der Waals surface area contributed by atoms with Crippen LogP contribution in [0.2, 0.25) is 0 Å². The topological polar surface area (TPSA) is 69.7 Å². The molecule has 1 amide bonds. The highest BCUT2D eigenvalue weighted by molar-refractivity contribution is 7.89. The molecule has 0 radical (unpaired) electrons. The molecule has 7 heteroatoms. The molecule has 5 rings (SSSR count). The normalized spacial score (nSPS) is 13.1. The van der Waals surface area contributed by atoms with E-state index in [-0.39, 0.29) is 23.1 Å². The van der Waals surface area contributed by atoms with E-state index in [0.29, 0.717) is 5.69 Å². The average Bonchev–Trinajstić information content (AvgIpc) is 2.90. The molecule has 1 heterocycles. The molecule has 4 aromatic carbocycles. The fourth-order valence-electron chi connectivity index (χ4n) is 4.67. The van der Waals surface area contributed by atoms with Gasteiger partial charge in [-0.1, -0.05) is 72.3 Å². The minimum atomic E-state index is -3.99. The van der Waals surface area contributed by atoms with Crippen LogP contribution < -0.4 is 14.7 Å². The molecule has 0 unspecified atom stereocenters. The monoisotopic (exact) mass is 497 g/mol. The summed E-state index contributed by atoms with van der Waals surface area (Å²) in [6.07, 6.45) is 0.0905. The molecule has 0 saturated carbocycles. The van der Waals surface area contributed by atoms with Gasteiger partial charge in [0.25, 0.3) is 10.0 Å². The highest BCUT2D eigenvalue weighted by Crippen LogP contribution is 2.46. The quantitative estimate of drug-likeness (QED) is 0.356. The Balaban J connectivity index is 1.52. The Labute approximate surface area is 211 Å². The lowest BCUT2D eigenvalue weighted by molar-refractivity contribution is -0.119. The fourth-order valence-corrected chi connectivity index (χ4v) is 5.72. The first-order chi connectivity index (χ1) is 17.3. The van der Waals surface area contributed by atoms with Gasteiger partial charge in [-0.2, -0.15) is 0 Å². The number of rotatable bonds is 6. The Kier molecular flexibility index (Phi) is 6.35. The van der Waals surface area contributed by atoms with Crippen LogP contribution in [0.25, 0.3) is 0 Å². The van der Waals surface area contributed by atoms with Gasteiger partial charge in [-0.25, -0.2) is 13.4 Å². The lowest BCUT2D eigenvalue weighted by Crippen LogP contribution is -2.47. The third kappa shape index (κ3) is 4.51. The summed E-state index contributed by atoms with van der Waals surface area (Å²) in [5, 5.41) is 1.15. The molecule has 1 aliphatic rings. The molecule has 0 fully saturated rings. The number of anilines is 3. The van der Waals surface area contributed by atoms with Crippen molar-refractivity contribution in [3.8, 4) is 0 Å². The summed E-state index contributed by atoms with van der Waals surface area (Å²) in [7, 11) is -1.98. The van der Waals surface area contributed by atoms with E-state index < -0.39 is 10.0 Å². The molecule has 36 heavy (non-hydrogen) atoms. The average molecular weight is 498 g/mol. The van der Waals surface area contributed by atoms with Crippen LogP contribution in [0, 0.1) is 6.92 Å². The lowest BCUT2D eigenvalue weighted by atomic mass is 9.82. The summed E-state index contributed by atoms with van der Waals surface area (Å²) < 4.78 is 26.5. The molecule has 6 nitrogen and oxygen atoms in total. The number of fused-ring (bicyclic) bond motifs is 2. The molecule has 1 aliphatic heterocycles. The van der Waals surface area contributed by atoms with E-state index >= 15 is 0 Å². The van der Waals surface area contributed by atoms with E-state index in [1.165, 1.54) is 12.1 Å². The van der Waals surface area contributed by atoms with Crippen molar-refractivity contribution >= 4 is 33.0 Å². The standard InChI is InChI=1S/C29H27N3O3S/c1-21-16-18-23(19-17-21)36(34,35)30-32(22-10-4-3-5-11-22)29(33)20-26-24-12-6-8-14-27(24)31(2)28-15-9-7-13-25(26)28/h3-19,26,30H,20H2,1-2H3. The molecule has 1 N–H and O–H groups in total. The Morgan fingerprint density at radius 2 is 1.33 bits per heavy atom. The number of nitrogens with one attached hydrogen (secondary N) is 1. The number of hydrogen-bond acceptors (Lipinski definition) is 4. The second-order valence-electron chi connectivity index (χ2n) is 8.91. The number of benzene rings is 4. The highest BCUT2D eigenvalue weighted by Gasteiger charge is 2.33. The van der Waals surface area contributed by atoms with Crippen LogP contribution in [0.4, 0.5) is 17.1 Å². The third-order valence-corrected chi connectivity index (χ3v) is 7.85. The van der Waals surface area contributed by atoms with Crippen LogP contribution in [0.15, 0.2) is 108 Å². The van der Waals surface area contributed by atoms with Crippen molar-refractivity contribution in [2.24, 2.45) is 0 Å². The van der Waals surface area contributed by atoms with Crippen molar-refractivity contribution in [1.82, 2.24) is 4.83 Å². The zero-order valence-corrected chi connectivity index (χ0v) is 20.9. The molecule has 182 valence electrons. The number of hydrazine groups is 1. The molecule has 0 aliphatic carbocycles. The number of hydrogen-bond donors (Lipinski definition) is 1. The summed E-state index contributed by atoms with van der Waals surface area (Å²) >= 11 is 0. The van der Waals surface area contributed by atoms with Crippen LogP contribution in [-0.2, 0) is 14.8 Å². The first-order valence-corrected chi connectivity index (χ1v) is 13.2. The van der Waals surface area contributed by atoms with Crippen LogP contribution in [0.3, 0.4) is 0 Å². The van der Waals surface area contributed by atoms with E-state index in [9.17, 15) is 13.2 Å². The molecule has 4 aromatic rings. The maximum atomic E-state index is 13.9. The van der Waals surface area contributed by atoms with Crippen molar-refractivity contribution in [1.29, 1.82) is 0 Å². The van der Waals surface area contributed by atoms with Gasteiger partial charge in [0, 0.05) is 30.8 Å². The largest absolute Gasteiger partial charge is 0.344 e. The number of aryl methyl sites for hydroxylation is 1. The predicted molar refractivity (Wildman–Crippen MR) is 143 cm³/mol. The maximum Gasteiger partial charge on any atom is 0.257 e. The molecular formula is C29H27N3O3S. The van der Waals surface area contributed by atoms with E-state index in [2.05, 4.69) is 9.73 Å². The first kappa shape index (κ1) is 23.8. The Morgan fingerprint density at radius 3 is 1.92 bits per heavy atom. The zero-order chi connectivity index (χ0) is 25.3. The van der Waals surface area contributed by atoms with Gasteiger partial charge in [0.2, 0.25) is 5.91 Å². The van der Waals surface area contributed by atoms with Crippen LogP contribution in [-0.4, -0.2) is 21.4 Å². The molecule has 0 aromatic heterocycles. The van der Waals surface area contributed by atoms with E-state index in [1.807, 2.05) is 68.6 Å². The Bertz CT molecular complexity index is 1460. The van der Waals surface area contributed by atoms with Crippen LogP contribution >= 0.6 is 0 Å². The summed E-state index contributed by atoms with van der Waals surface area (Å²) in [6, 6.07) is 31.4. The molecule has 0 spiro atoms. The van der Waals surface area contributed by atoms with Crippen LogP contribution in [0.5, 0.6) is 0 Å². The summed E-state index contributed by atoms with van der Waals surface area (Å²) in [6.45, 7) is 1.89. The number of sulfonamides is 1. The van der Waals surface area contributed by atoms with E-state index in [0.717, 1.165) is 33.1 Å². The van der Waals surface area contributed by atoms with E-state index in [1.54, 1.807) is 36.4 Å². The molecule has 0 atom stereocenters. The zero-order valence-electron chi connectivity index (χ0n) is 20.1. The number of nitrogens with zero attached hydrogens (tertiary/aromatic N) is 2. The molecular weight excluding hydrogens is 470 g/mol. The SMILES string of the molecule is Cc1ccc(S(=O)(=O)NN(C(=O)CC2c3ccccc3N(C)c3ccccc32)c2ccccc2)cc1. The minimum Gasteiger partial charge on any atom is -0.344 e.